The monoisotopic (exact) mass is 514 g/mol. The summed E-state index contributed by atoms with van der Waals surface area (Å²) < 4.78 is 0. The molecule has 2 heterocycles. The molecule has 0 unspecified atom stereocenters. The molecule has 1 aromatic heterocycles. The Kier molecular flexibility index (Phi) is 9.41. The van der Waals surface area contributed by atoms with Crippen molar-refractivity contribution >= 4 is 87.8 Å². The number of aromatic nitrogens is 4. The number of anilines is 2. The van der Waals surface area contributed by atoms with Crippen molar-refractivity contribution < 1.29 is 9.90 Å². The van der Waals surface area contributed by atoms with E-state index < -0.39 is 0 Å². The number of H-pyrrole nitrogens is 1. The van der Waals surface area contributed by atoms with Crippen molar-refractivity contribution in [2.45, 2.75) is 20.8 Å². The number of rotatable bonds is 5. The van der Waals surface area contributed by atoms with Crippen LogP contribution in [0.1, 0.15) is 18.1 Å². The Hall–Kier alpha value is -2.86. The van der Waals surface area contributed by atoms with E-state index in [1.54, 1.807) is 25.1 Å². The number of aromatic amines is 1. The molecule has 0 radical (unpaired) electrons. The van der Waals surface area contributed by atoms with E-state index >= 15 is 0 Å². The van der Waals surface area contributed by atoms with Gasteiger partial charge >= 0.3 is 65.0 Å². The number of hydrazone groups is 2. The van der Waals surface area contributed by atoms with Gasteiger partial charge in [-0.05, 0) is 72.2 Å². The van der Waals surface area contributed by atoms with Gasteiger partial charge in [0.25, 0.3) is 0 Å². The van der Waals surface area contributed by atoms with E-state index in [9.17, 15) is 9.90 Å². The molecule has 4 aromatic rings. The van der Waals surface area contributed by atoms with Crippen LogP contribution >= 0.6 is 0 Å². The van der Waals surface area contributed by atoms with Crippen molar-refractivity contribution in [2.75, 3.05) is 10.4 Å². The van der Waals surface area contributed by atoms with Gasteiger partial charge < -0.3 is 5.11 Å². The molecule has 3 N–H and O–H groups in total. The third kappa shape index (κ3) is 5.85. The molecule has 5 rings (SSSR count). The molecule has 12 heteroatoms. The van der Waals surface area contributed by atoms with Crippen LogP contribution in [-0.2, 0) is 4.79 Å². The first-order chi connectivity index (χ1) is 16.9. The molecule has 0 aliphatic carbocycles. The summed E-state index contributed by atoms with van der Waals surface area (Å²) in [5, 5.41) is 34.8. The average molecular weight is 515 g/mol. The molecule has 1 aliphatic heterocycles. The molecule has 178 valence electrons. The number of benzene rings is 3. The van der Waals surface area contributed by atoms with Crippen LogP contribution in [0.4, 0.5) is 11.4 Å². The van der Waals surface area contributed by atoms with E-state index in [2.05, 4.69) is 36.3 Å². The first-order valence-electron chi connectivity index (χ1n) is 10.9. The molecule has 10 nitrogen and oxygen atoms in total. The number of aryl methyl sites for hydroxylation is 2. The van der Waals surface area contributed by atoms with Crippen LogP contribution in [0.5, 0.6) is 5.75 Å². The van der Waals surface area contributed by atoms with Crippen molar-refractivity contribution in [2.24, 2.45) is 10.2 Å². The second kappa shape index (κ2) is 12.1. The number of hydrogen-bond donors (Lipinski definition) is 3. The minimum absolute atomic E-state index is 0. The molecule has 0 spiro atoms. The summed E-state index contributed by atoms with van der Waals surface area (Å²) in [6.07, 6.45) is 0. The number of amides is 1. The van der Waals surface area contributed by atoms with E-state index in [1.807, 2.05) is 56.3 Å². The predicted molar refractivity (Wildman–Crippen MR) is 149 cm³/mol. The van der Waals surface area contributed by atoms with Crippen molar-refractivity contribution in [3.8, 4) is 28.3 Å². The van der Waals surface area contributed by atoms with Gasteiger partial charge in [0.1, 0.15) is 5.75 Å². The summed E-state index contributed by atoms with van der Waals surface area (Å²) in [4.78, 5) is 13.0. The second-order valence-electron chi connectivity index (χ2n) is 8.18. The maximum atomic E-state index is 13.0. The number of tetrazole rings is 1. The van der Waals surface area contributed by atoms with Gasteiger partial charge in [-0.15, -0.1) is 5.10 Å². The molecule has 0 fully saturated rings. The molecule has 0 saturated heterocycles. The van der Waals surface area contributed by atoms with Gasteiger partial charge in [-0.1, -0.05) is 36.4 Å². The number of nitrogens with one attached hydrogen (secondary N) is 2. The SMILES string of the molecule is CC1=NN(c2ccc(C)c(C)c2)C(=O)/C1=N\Nc1cccc(-c2cccc(-c3nnn[nH]3)c2)c1O.[NaH].[NaH]. The summed E-state index contributed by atoms with van der Waals surface area (Å²) in [6, 6.07) is 18.4. The standard InChI is InChI=1S/C25H22N8O2.2Na.2H/c1-14-10-11-19(12-15(14)2)33-25(35)22(16(3)30-33)27-26-21-9-5-8-20(23(21)34)17-6-4-7-18(13-17)24-28-31-32-29-24;;;;/h4-13,26,34H,1-3H3,(H,28,29,31,32);;;;/b27-22-;;;;. The summed E-state index contributed by atoms with van der Waals surface area (Å²) in [5.74, 6) is 0.174. The first-order valence-corrected chi connectivity index (χ1v) is 10.9. The Morgan fingerprint density at radius 3 is 2.43 bits per heavy atom. The van der Waals surface area contributed by atoms with Crippen LogP contribution in [0.25, 0.3) is 22.5 Å². The van der Waals surface area contributed by atoms with Gasteiger partial charge in [-0.25, -0.2) is 5.10 Å². The fourth-order valence-electron chi connectivity index (χ4n) is 3.76. The Bertz CT molecular complexity index is 1500. The Labute approximate surface area is 257 Å². The summed E-state index contributed by atoms with van der Waals surface area (Å²) in [6.45, 7) is 5.72. The summed E-state index contributed by atoms with van der Waals surface area (Å²) in [7, 11) is 0. The van der Waals surface area contributed by atoms with Crippen LogP contribution < -0.4 is 10.4 Å². The number of nitrogens with zero attached hydrogens (tertiary/aromatic N) is 6. The Morgan fingerprint density at radius 2 is 1.70 bits per heavy atom. The van der Waals surface area contributed by atoms with Gasteiger partial charge in [0.05, 0.1) is 17.1 Å². The number of carbonyl (C=O) groups is 1. The van der Waals surface area contributed by atoms with Crippen molar-refractivity contribution in [3.05, 3.63) is 71.8 Å². The number of para-hydroxylation sites is 1. The Balaban J connectivity index is 0.00000190. The van der Waals surface area contributed by atoms with E-state index in [4.69, 9.17) is 0 Å². The molecule has 0 saturated carbocycles. The quantitative estimate of drug-likeness (QED) is 0.213. The zero-order valence-electron chi connectivity index (χ0n) is 19.3. The number of phenolic OH excluding ortho intramolecular Hbond substituents is 1. The predicted octanol–water partition coefficient (Wildman–Crippen LogP) is 2.75. The van der Waals surface area contributed by atoms with Gasteiger partial charge in [-0.3, -0.25) is 10.2 Å². The zero-order valence-corrected chi connectivity index (χ0v) is 19.3. The van der Waals surface area contributed by atoms with E-state index in [0.29, 0.717) is 28.5 Å². The zero-order chi connectivity index (χ0) is 24.5. The van der Waals surface area contributed by atoms with Crippen molar-refractivity contribution in [1.29, 1.82) is 0 Å². The third-order valence-electron chi connectivity index (χ3n) is 5.84. The number of hydrogen-bond acceptors (Lipinski definition) is 8. The molecule has 3 aromatic carbocycles. The Morgan fingerprint density at radius 1 is 0.946 bits per heavy atom. The van der Waals surface area contributed by atoms with Crippen LogP contribution in [0.3, 0.4) is 0 Å². The number of phenols is 1. The normalized spacial score (nSPS) is 13.7. The number of aromatic hydroxyl groups is 1. The fourth-order valence-corrected chi connectivity index (χ4v) is 3.76. The topological polar surface area (TPSA) is 132 Å². The molecule has 37 heavy (non-hydrogen) atoms. The summed E-state index contributed by atoms with van der Waals surface area (Å²) in [5.41, 5.74) is 8.84. The number of carbonyl (C=O) groups excluding carboxylic acids is 1. The molecular formula is C25H24N8Na2O2. The van der Waals surface area contributed by atoms with E-state index in [-0.39, 0.29) is 76.5 Å². The third-order valence-corrected chi connectivity index (χ3v) is 5.84. The summed E-state index contributed by atoms with van der Waals surface area (Å²) >= 11 is 0. The first kappa shape index (κ1) is 28.7. The molecular weight excluding hydrogens is 490 g/mol. The molecule has 1 amide bonds. The van der Waals surface area contributed by atoms with Gasteiger partial charge in [0.15, 0.2) is 11.5 Å². The molecule has 0 bridgehead atoms. The molecule has 1 aliphatic rings. The fraction of sp³-hybridized carbons (Fsp3) is 0.120. The van der Waals surface area contributed by atoms with Gasteiger partial charge in [0, 0.05) is 11.1 Å². The van der Waals surface area contributed by atoms with E-state index in [0.717, 1.165) is 22.3 Å². The average Bonchev–Trinajstić information content (AvgIpc) is 3.49. The minimum atomic E-state index is -0.345. The van der Waals surface area contributed by atoms with E-state index in [1.165, 1.54) is 5.01 Å². The van der Waals surface area contributed by atoms with Crippen LogP contribution in [0, 0.1) is 13.8 Å². The van der Waals surface area contributed by atoms with Gasteiger partial charge in [0.2, 0.25) is 0 Å². The molecule has 0 atom stereocenters. The van der Waals surface area contributed by atoms with Crippen LogP contribution in [0.2, 0.25) is 0 Å². The van der Waals surface area contributed by atoms with Crippen molar-refractivity contribution in [1.82, 2.24) is 20.6 Å². The van der Waals surface area contributed by atoms with Crippen molar-refractivity contribution in [3.63, 3.8) is 0 Å². The van der Waals surface area contributed by atoms with Crippen LogP contribution in [0.15, 0.2) is 70.9 Å². The second-order valence-corrected chi connectivity index (χ2v) is 8.18. The van der Waals surface area contributed by atoms with Gasteiger partial charge in [-0.2, -0.15) is 15.2 Å². The maximum absolute atomic E-state index is 13.0. The van der Waals surface area contributed by atoms with Crippen LogP contribution in [-0.4, -0.2) is 102 Å².